The van der Waals surface area contributed by atoms with E-state index in [4.69, 9.17) is 19.2 Å². The van der Waals surface area contributed by atoms with Crippen LogP contribution < -0.4 is 14.4 Å². The molecule has 0 saturated carbocycles. The van der Waals surface area contributed by atoms with Gasteiger partial charge in [-0.05, 0) is 42.0 Å². The molecule has 0 bridgehead atoms. The molecule has 3 aromatic carbocycles. The van der Waals surface area contributed by atoms with Crippen LogP contribution in [-0.2, 0) is 9.53 Å². The molecule has 5 rings (SSSR count). The largest absolute Gasteiger partial charge is 0.492 e. The summed E-state index contributed by atoms with van der Waals surface area (Å²) < 4.78 is 18.2. The Morgan fingerprint density at radius 3 is 2.71 bits per heavy atom. The Bertz CT molecular complexity index is 1300. The molecule has 8 heteroatoms. The van der Waals surface area contributed by atoms with E-state index in [1.165, 1.54) is 11.3 Å². The summed E-state index contributed by atoms with van der Waals surface area (Å²) in [5.74, 6) is 1.29. The number of carbonyl (C=O) groups is 1. The number of morpholine rings is 1. The monoisotopic (exact) mass is 491 g/mol. The van der Waals surface area contributed by atoms with E-state index in [-0.39, 0.29) is 12.5 Å². The minimum atomic E-state index is -0.122. The molecule has 182 valence electrons. The molecule has 1 amide bonds. The average molecular weight is 492 g/mol. The van der Waals surface area contributed by atoms with Crippen molar-refractivity contribution < 1.29 is 19.0 Å². The number of carbonyl (C=O) groups excluding carboxylic acids is 1. The number of rotatable bonds is 9. The number of nitrogens with zero attached hydrogens (tertiary/aromatic N) is 3. The van der Waals surface area contributed by atoms with E-state index in [0.29, 0.717) is 24.0 Å². The summed E-state index contributed by atoms with van der Waals surface area (Å²) in [6.07, 6.45) is 0. The minimum absolute atomic E-state index is 0.0598. The van der Waals surface area contributed by atoms with Gasteiger partial charge < -0.3 is 14.2 Å². The highest BCUT2D eigenvalue weighted by molar-refractivity contribution is 7.22. The predicted molar refractivity (Wildman–Crippen MR) is 140 cm³/mol. The Balaban J connectivity index is 1.36. The van der Waals surface area contributed by atoms with Crippen molar-refractivity contribution in [2.75, 3.05) is 57.5 Å². The summed E-state index contributed by atoms with van der Waals surface area (Å²) in [6.45, 7) is 6.90. The highest BCUT2D eigenvalue weighted by Crippen LogP contribution is 2.34. The summed E-state index contributed by atoms with van der Waals surface area (Å²) in [5, 5.41) is 2.88. The summed E-state index contributed by atoms with van der Waals surface area (Å²) >= 11 is 1.50. The zero-order chi connectivity index (χ0) is 24.0. The lowest BCUT2D eigenvalue weighted by molar-refractivity contribution is -0.120. The third-order valence-electron chi connectivity index (χ3n) is 6.03. The molecule has 0 radical (unpaired) electrons. The van der Waals surface area contributed by atoms with Gasteiger partial charge in [0.15, 0.2) is 11.7 Å². The quantitative estimate of drug-likeness (QED) is 0.341. The van der Waals surface area contributed by atoms with Gasteiger partial charge in [0.1, 0.15) is 17.0 Å². The van der Waals surface area contributed by atoms with Gasteiger partial charge in [-0.3, -0.25) is 14.6 Å². The fourth-order valence-corrected chi connectivity index (χ4v) is 5.20. The van der Waals surface area contributed by atoms with Gasteiger partial charge in [-0.2, -0.15) is 0 Å². The molecule has 7 nitrogen and oxygen atoms in total. The number of ether oxygens (including phenoxy) is 3. The number of para-hydroxylation sites is 1. The van der Waals surface area contributed by atoms with Crippen LogP contribution in [0.2, 0.25) is 0 Å². The van der Waals surface area contributed by atoms with Crippen LogP contribution in [0.1, 0.15) is 6.92 Å². The maximum Gasteiger partial charge on any atom is 0.266 e. The van der Waals surface area contributed by atoms with E-state index in [1.54, 1.807) is 4.90 Å². The molecule has 1 aliphatic rings. The molecule has 4 aromatic rings. The third kappa shape index (κ3) is 5.56. The van der Waals surface area contributed by atoms with Crippen LogP contribution in [0.3, 0.4) is 0 Å². The summed E-state index contributed by atoms with van der Waals surface area (Å²) in [4.78, 5) is 22.3. The summed E-state index contributed by atoms with van der Waals surface area (Å²) in [7, 11) is 0. The van der Waals surface area contributed by atoms with Crippen molar-refractivity contribution in [1.82, 2.24) is 9.88 Å². The van der Waals surface area contributed by atoms with Crippen molar-refractivity contribution in [2.45, 2.75) is 6.92 Å². The zero-order valence-corrected chi connectivity index (χ0v) is 20.6. The maximum atomic E-state index is 13.4. The molecule has 2 heterocycles. The Morgan fingerprint density at radius 1 is 1.06 bits per heavy atom. The molecule has 0 spiro atoms. The second-order valence-corrected chi connectivity index (χ2v) is 9.34. The van der Waals surface area contributed by atoms with Crippen molar-refractivity contribution in [2.24, 2.45) is 0 Å². The second-order valence-electron chi connectivity index (χ2n) is 8.33. The normalized spacial score (nSPS) is 14.3. The first kappa shape index (κ1) is 23.5. The first-order chi connectivity index (χ1) is 17.2. The van der Waals surface area contributed by atoms with E-state index in [9.17, 15) is 4.79 Å². The Kier molecular flexibility index (Phi) is 7.42. The topological polar surface area (TPSA) is 64.1 Å². The lowest BCUT2D eigenvalue weighted by Gasteiger charge is -2.29. The molecule has 0 unspecified atom stereocenters. The lowest BCUT2D eigenvalue weighted by Crippen LogP contribution is -2.44. The number of hydrogen-bond acceptors (Lipinski definition) is 7. The van der Waals surface area contributed by atoms with Crippen molar-refractivity contribution in [3.8, 4) is 11.5 Å². The van der Waals surface area contributed by atoms with Gasteiger partial charge in [0.25, 0.3) is 5.91 Å². The number of aromatic nitrogens is 1. The van der Waals surface area contributed by atoms with Crippen LogP contribution in [-0.4, -0.2) is 68.4 Å². The molecular formula is C27H29N3O4S. The number of hydrogen-bond donors (Lipinski definition) is 0. The van der Waals surface area contributed by atoms with Crippen LogP contribution >= 0.6 is 11.3 Å². The fourth-order valence-electron chi connectivity index (χ4n) is 4.17. The van der Waals surface area contributed by atoms with Crippen molar-refractivity contribution in [3.05, 3.63) is 60.7 Å². The van der Waals surface area contributed by atoms with Crippen LogP contribution in [0.5, 0.6) is 11.5 Å². The van der Waals surface area contributed by atoms with Gasteiger partial charge in [-0.15, -0.1) is 0 Å². The SMILES string of the molecule is CCOc1cccc2sc(N(CCN3CCOCC3)C(=O)COc3ccc4ccccc4c3)nc12. The smallest absolute Gasteiger partial charge is 0.266 e. The number of fused-ring (bicyclic) bond motifs is 2. The Labute approximate surface area is 208 Å². The second kappa shape index (κ2) is 11.0. The Hall–Kier alpha value is -3.20. The lowest BCUT2D eigenvalue weighted by atomic mass is 10.1. The van der Waals surface area contributed by atoms with E-state index < -0.39 is 0 Å². The van der Waals surface area contributed by atoms with Crippen molar-refractivity contribution in [3.63, 3.8) is 0 Å². The fraction of sp³-hybridized carbons (Fsp3) is 0.333. The van der Waals surface area contributed by atoms with Gasteiger partial charge in [-0.1, -0.05) is 47.7 Å². The molecule has 1 aromatic heterocycles. The van der Waals surface area contributed by atoms with E-state index >= 15 is 0 Å². The molecule has 0 aliphatic carbocycles. The predicted octanol–water partition coefficient (Wildman–Crippen LogP) is 4.59. The summed E-state index contributed by atoms with van der Waals surface area (Å²) in [6, 6.07) is 19.9. The number of benzene rings is 3. The highest BCUT2D eigenvalue weighted by Gasteiger charge is 2.23. The molecular weight excluding hydrogens is 462 g/mol. The third-order valence-corrected chi connectivity index (χ3v) is 7.07. The van der Waals surface area contributed by atoms with E-state index in [0.717, 1.165) is 59.6 Å². The first-order valence-corrected chi connectivity index (χ1v) is 12.8. The summed E-state index contributed by atoms with van der Waals surface area (Å²) in [5.41, 5.74) is 0.786. The molecule has 1 aliphatic heterocycles. The van der Waals surface area contributed by atoms with Crippen LogP contribution in [0.25, 0.3) is 21.0 Å². The van der Waals surface area contributed by atoms with Crippen molar-refractivity contribution in [1.29, 1.82) is 0 Å². The molecule has 1 saturated heterocycles. The highest BCUT2D eigenvalue weighted by atomic mass is 32.1. The number of anilines is 1. The molecule has 0 atom stereocenters. The number of amides is 1. The minimum Gasteiger partial charge on any atom is -0.492 e. The first-order valence-electron chi connectivity index (χ1n) is 12.0. The van der Waals surface area contributed by atoms with Gasteiger partial charge >= 0.3 is 0 Å². The average Bonchev–Trinajstić information content (AvgIpc) is 3.33. The van der Waals surface area contributed by atoms with E-state index in [1.807, 2.05) is 61.5 Å². The van der Waals surface area contributed by atoms with Crippen LogP contribution in [0.4, 0.5) is 5.13 Å². The maximum absolute atomic E-state index is 13.4. The van der Waals surface area contributed by atoms with Crippen LogP contribution in [0, 0.1) is 0 Å². The molecule has 35 heavy (non-hydrogen) atoms. The van der Waals surface area contributed by atoms with Gasteiger partial charge in [0.05, 0.1) is 24.5 Å². The standard InChI is InChI=1S/C27H29N3O4S/c1-2-33-23-8-5-9-24-26(23)28-27(35-24)30(13-12-29-14-16-32-17-15-29)25(31)19-34-22-11-10-20-6-3-4-7-21(20)18-22/h3-11,18H,2,12-17,19H2,1H3. The number of thiazole rings is 1. The van der Waals surface area contributed by atoms with Crippen LogP contribution in [0.15, 0.2) is 60.7 Å². The Morgan fingerprint density at radius 2 is 1.89 bits per heavy atom. The zero-order valence-electron chi connectivity index (χ0n) is 19.8. The molecule has 0 N–H and O–H groups in total. The van der Waals surface area contributed by atoms with E-state index in [2.05, 4.69) is 11.0 Å². The van der Waals surface area contributed by atoms with Crippen molar-refractivity contribution >= 4 is 43.4 Å². The van der Waals surface area contributed by atoms with Gasteiger partial charge in [-0.25, -0.2) is 4.98 Å². The van der Waals surface area contributed by atoms with Gasteiger partial charge in [0.2, 0.25) is 0 Å². The van der Waals surface area contributed by atoms with Gasteiger partial charge in [0, 0.05) is 26.2 Å². The molecule has 1 fully saturated rings.